The van der Waals surface area contributed by atoms with Crippen LogP contribution >= 0.6 is 0 Å². The zero-order valence-electron chi connectivity index (χ0n) is 16.7. The minimum absolute atomic E-state index is 0.0108. The number of hydrogen-bond acceptors (Lipinski definition) is 5. The van der Waals surface area contributed by atoms with Gasteiger partial charge in [-0.3, -0.25) is 9.59 Å². The van der Waals surface area contributed by atoms with E-state index in [1.165, 1.54) is 6.07 Å². The fraction of sp³-hybridized carbons (Fsp3) is 0.364. The summed E-state index contributed by atoms with van der Waals surface area (Å²) < 4.78 is 0. The Bertz CT molecular complexity index is 825. The van der Waals surface area contributed by atoms with E-state index >= 15 is 0 Å². The van der Waals surface area contributed by atoms with Gasteiger partial charge in [0, 0.05) is 17.7 Å². The van der Waals surface area contributed by atoms with Crippen molar-refractivity contribution in [2.75, 3.05) is 13.3 Å². The van der Waals surface area contributed by atoms with Crippen LogP contribution in [0.3, 0.4) is 0 Å². The average Bonchev–Trinajstić information content (AvgIpc) is 2.73. The largest absolute Gasteiger partial charge is 0.508 e. The first-order chi connectivity index (χ1) is 13.9. The van der Waals surface area contributed by atoms with Gasteiger partial charge in [-0.1, -0.05) is 43.3 Å². The topological polar surface area (TPSA) is 110 Å². The Kier molecular flexibility index (Phi) is 8.18. The highest BCUT2D eigenvalue weighted by molar-refractivity contribution is 5.97. The highest BCUT2D eigenvalue weighted by atomic mass is 16.3. The number of nitrogens with zero attached hydrogens (tertiary/aromatic N) is 1. The fourth-order valence-corrected chi connectivity index (χ4v) is 3.10. The van der Waals surface area contributed by atoms with E-state index in [1.807, 2.05) is 37.3 Å². The SMILES string of the molecule is CCCN(CO)C(=O)C(O)C(Cc1ccccc1)NC(=O)c1cccc(O)c1C. The predicted molar refractivity (Wildman–Crippen MR) is 109 cm³/mol. The van der Waals surface area contributed by atoms with Crippen LogP contribution < -0.4 is 5.32 Å². The Morgan fingerprint density at radius 1 is 1.10 bits per heavy atom. The van der Waals surface area contributed by atoms with Crippen molar-refractivity contribution in [3.63, 3.8) is 0 Å². The van der Waals surface area contributed by atoms with Crippen LogP contribution in [-0.2, 0) is 11.2 Å². The van der Waals surface area contributed by atoms with Crippen LogP contribution in [0.15, 0.2) is 48.5 Å². The average molecular weight is 400 g/mol. The van der Waals surface area contributed by atoms with Crippen molar-refractivity contribution in [2.45, 2.75) is 38.8 Å². The minimum Gasteiger partial charge on any atom is -0.508 e. The Hall–Kier alpha value is -2.90. The van der Waals surface area contributed by atoms with Gasteiger partial charge in [0.05, 0.1) is 6.04 Å². The summed E-state index contributed by atoms with van der Waals surface area (Å²) in [6.07, 6.45) is -0.685. The molecule has 2 amide bonds. The first-order valence-electron chi connectivity index (χ1n) is 9.60. The van der Waals surface area contributed by atoms with Crippen molar-refractivity contribution in [2.24, 2.45) is 0 Å². The van der Waals surface area contributed by atoms with E-state index in [-0.39, 0.29) is 17.7 Å². The maximum atomic E-state index is 12.8. The molecule has 0 spiro atoms. The number of phenols is 1. The standard InChI is InChI=1S/C22H28N2O5/c1-3-12-24(14-25)22(29)20(27)18(13-16-8-5-4-6-9-16)23-21(28)17-10-7-11-19(26)15(17)2/h4-11,18,20,25-27H,3,12-14H2,1-2H3,(H,23,28). The van der Waals surface area contributed by atoms with Crippen LogP contribution in [0, 0.1) is 6.92 Å². The van der Waals surface area contributed by atoms with Crippen molar-refractivity contribution >= 4 is 11.8 Å². The van der Waals surface area contributed by atoms with Gasteiger partial charge in [0.25, 0.3) is 11.8 Å². The highest BCUT2D eigenvalue weighted by Crippen LogP contribution is 2.20. The number of rotatable bonds is 9. The van der Waals surface area contributed by atoms with Crippen molar-refractivity contribution < 1.29 is 24.9 Å². The number of benzene rings is 2. The molecule has 0 aliphatic carbocycles. The number of aromatic hydroxyl groups is 1. The van der Waals surface area contributed by atoms with Gasteiger partial charge >= 0.3 is 0 Å². The van der Waals surface area contributed by atoms with Gasteiger partial charge in [-0.25, -0.2) is 0 Å². The summed E-state index contributed by atoms with van der Waals surface area (Å²) in [7, 11) is 0. The molecule has 0 aliphatic heterocycles. The number of hydrogen-bond donors (Lipinski definition) is 4. The van der Waals surface area contributed by atoms with Crippen molar-refractivity contribution in [3.8, 4) is 5.75 Å². The van der Waals surface area contributed by atoms with Gasteiger partial charge < -0.3 is 25.5 Å². The summed E-state index contributed by atoms with van der Waals surface area (Å²) in [6, 6.07) is 12.9. The lowest BCUT2D eigenvalue weighted by molar-refractivity contribution is -0.145. The fourth-order valence-electron chi connectivity index (χ4n) is 3.10. The maximum absolute atomic E-state index is 12.8. The van der Waals surface area contributed by atoms with Crippen molar-refractivity contribution in [1.82, 2.24) is 10.2 Å². The maximum Gasteiger partial charge on any atom is 0.255 e. The first kappa shape index (κ1) is 22.4. The molecule has 2 aromatic carbocycles. The molecule has 0 saturated carbocycles. The van der Waals surface area contributed by atoms with E-state index in [2.05, 4.69) is 5.32 Å². The molecule has 2 unspecified atom stereocenters. The molecule has 0 fully saturated rings. The number of nitrogens with one attached hydrogen (secondary N) is 1. The van der Waals surface area contributed by atoms with E-state index in [0.29, 0.717) is 18.5 Å². The van der Waals surface area contributed by atoms with E-state index < -0.39 is 30.7 Å². The highest BCUT2D eigenvalue weighted by Gasteiger charge is 2.31. The molecule has 29 heavy (non-hydrogen) atoms. The first-order valence-corrected chi connectivity index (χ1v) is 9.60. The normalized spacial score (nSPS) is 12.8. The van der Waals surface area contributed by atoms with Gasteiger partial charge in [0.1, 0.15) is 12.5 Å². The zero-order valence-corrected chi connectivity index (χ0v) is 16.7. The van der Waals surface area contributed by atoms with Gasteiger partial charge in [0.2, 0.25) is 0 Å². The summed E-state index contributed by atoms with van der Waals surface area (Å²) in [6.45, 7) is 3.26. The van der Waals surface area contributed by atoms with Gasteiger partial charge in [-0.05, 0) is 37.5 Å². The lowest BCUT2D eigenvalue weighted by Crippen LogP contribution is -2.53. The summed E-state index contributed by atoms with van der Waals surface area (Å²) in [5.41, 5.74) is 1.51. The summed E-state index contributed by atoms with van der Waals surface area (Å²) in [5.74, 6) is -1.16. The van der Waals surface area contributed by atoms with Gasteiger partial charge in [0.15, 0.2) is 6.10 Å². The molecule has 2 atom stereocenters. The van der Waals surface area contributed by atoms with Gasteiger partial charge in [-0.2, -0.15) is 0 Å². The molecule has 0 saturated heterocycles. The Morgan fingerprint density at radius 2 is 1.79 bits per heavy atom. The number of phenolic OH excluding ortho intramolecular Hbond substituents is 1. The second kappa shape index (κ2) is 10.6. The summed E-state index contributed by atoms with van der Waals surface area (Å²) in [4.78, 5) is 26.6. The van der Waals surface area contributed by atoms with Gasteiger partial charge in [-0.15, -0.1) is 0 Å². The number of carbonyl (C=O) groups excluding carboxylic acids is 2. The van der Waals surface area contributed by atoms with Crippen LogP contribution in [0.25, 0.3) is 0 Å². The molecular formula is C22H28N2O5. The van der Waals surface area contributed by atoms with Crippen LogP contribution in [0.1, 0.15) is 34.8 Å². The predicted octanol–water partition coefficient (Wildman–Crippen LogP) is 1.59. The van der Waals surface area contributed by atoms with Crippen molar-refractivity contribution in [1.29, 1.82) is 0 Å². The monoisotopic (exact) mass is 400 g/mol. The minimum atomic E-state index is -1.53. The third-order valence-corrected chi connectivity index (χ3v) is 4.77. The Morgan fingerprint density at radius 3 is 2.41 bits per heavy atom. The zero-order chi connectivity index (χ0) is 21.4. The molecule has 2 aromatic rings. The molecule has 4 N–H and O–H groups in total. The summed E-state index contributed by atoms with van der Waals surface area (Å²) >= 11 is 0. The number of carbonyl (C=O) groups is 2. The van der Waals surface area contributed by atoms with E-state index in [4.69, 9.17) is 0 Å². The third kappa shape index (κ3) is 5.79. The van der Waals surface area contributed by atoms with Crippen molar-refractivity contribution in [3.05, 3.63) is 65.2 Å². The second-order valence-electron chi connectivity index (χ2n) is 6.91. The molecule has 0 aliphatic rings. The second-order valence-corrected chi connectivity index (χ2v) is 6.91. The van der Waals surface area contributed by atoms with E-state index in [0.717, 1.165) is 10.5 Å². The van der Waals surface area contributed by atoms with Crippen LogP contribution in [0.5, 0.6) is 5.75 Å². The van der Waals surface area contributed by atoms with E-state index in [9.17, 15) is 24.9 Å². The number of amides is 2. The molecular weight excluding hydrogens is 372 g/mol. The lowest BCUT2D eigenvalue weighted by Gasteiger charge is -2.28. The molecule has 0 radical (unpaired) electrons. The molecule has 0 bridgehead atoms. The molecule has 0 aromatic heterocycles. The number of aliphatic hydroxyl groups excluding tert-OH is 2. The number of aliphatic hydroxyl groups is 2. The van der Waals surface area contributed by atoms with Crippen LogP contribution in [-0.4, -0.2) is 57.5 Å². The molecule has 7 heteroatoms. The third-order valence-electron chi connectivity index (χ3n) is 4.77. The molecule has 2 rings (SSSR count). The molecule has 0 heterocycles. The Labute approximate surface area is 170 Å². The molecule has 156 valence electrons. The lowest BCUT2D eigenvalue weighted by atomic mass is 9.99. The van der Waals surface area contributed by atoms with Crippen LogP contribution in [0.4, 0.5) is 0 Å². The summed E-state index contributed by atoms with van der Waals surface area (Å²) in [5, 5.41) is 32.8. The Balaban J connectivity index is 2.28. The smallest absolute Gasteiger partial charge is 0.255 e. The quantitative estimate of drug-likeness (QED) is 0.478. The van der Waals surface area contributed by atoms with E-state index in [1.54, 1.807) is 19.1 Å². The van der Waals surface area contributed by atoms with Crippen LogP contribution in [0.2, 0.25) is 0 Å². The molecule has 7 nitrogen and oxygen atoms in total.